The molecular formula is C16H17F3N4O. The monoisotopic (exact) mass is 338 g/mol. The highest BCUT2D eigenvalue weighted by molar-refractivity contribution is 5.47. The van der Waals surface area contributed by atoms with Crippen LogP contribution in [0.3, 0.4) is 0 Å². The first-order valence-corrected chi connectivity index (χ1v) is 7.41. The molecule has 0 bridgehead atoms. The molecule has 3 rings (SSSR count). The van der Waals surface area contributed by atoms with E-state index in [1.165, 1.54) is 4.90 Å². The van der Waals surface area contributed by atoms with Crippen molar-refractivity contribution in [3.63, 3.8) is 0 Å². The molecule has 0 amide bonds. The van der Waals surface area contributed by atoms with Gasteiger partial charge >= 0.3 is 6.18 Å². The summed E-state index contributed by atoms with van der Waals surface area (Å²) in [5, 5.41) is 13.1. The number of fused-ring (bicyclic) bond motifs is 1. The predicted octanol–water partition coefficient (Wildman–Crippen LogP) is 2.63. The molecule has 24 heavy (non-hydrogen) atoms. The molecule has 0 saturated carbocycles. The molecule has 1 aliphatic rings. The van der Waals surface area contributed by atoms with Gasteiger partial charge in [0, 0.05) is 26.6 Å². The Bertz CT molecular complexity index is 748. The van der Waals surface area contributed by atoms with Crippen molar-refractivity contribution >= 4 is 11.8 Å². The molecule has 0 fully saturated rings. The van der Waals surface area contributed by atoms with Crippen LogP contribution in [0.1, 0.15) is 22.9 Å². The van der Waals surface area contributed by atoms with Crippen molar-refractivity contribution in [2.24, 2.45) is 0 Å². The molecule has 1 aliphatic carbocycles. The zero-order valence-electron chi connectivity index (χ0n) is 13.2. The van der Waals surface area contributed by atoms with Crippen molar-refractivity contribution in [1.29, 1.82) is 0 Å². The molecule has 2 aromatic rings. The number of nitrogens with one attached hydrogen (secondary N) is 1. The first-order chi connectivity index (χ1) is 11.3. The van der Waals surface area contributed by atoms with Gasteiger partial charge in [-0.2, -0.15) is 18.2 Å². The van der Waals surface area contributed by atoms with Gasteiger partial charge in [0.05, 0.1) is 12.1 Å². The largest absolute Gasteiger partial charge is 0.433 e. The SMILES string of the molecule is CN(C)c1cc(C(F)(F)F)nc(N[C@@H]2c3ccccc3C[C@@H]2O)n1. The summed E-state index contributed by atoms with van der Waals surface area (Å²) in [5.41, 5.74) is 0.782. The second-order valence-corrected chi connectivity index (χ2v) is 5.92. The van der Waals surface area contributed by atoms with Crippen molar-refractivity contribution in [3.05, 3.63) is 47.2 Å². The van der Waals surface area contributed by atoms with Gasteiger partial charge in [-0.3, -0.25) is 0 Å². The average Bonchev–Trinajstić information content (AvgIpc) is 2.82. The Morgan fingerprint density at radius 1 is 1.21 bits per heavy atom. The van der Waals surface area contributed by atoms with Gasteiger partial charge in [0.2, 0.25) is 5.95 Å². The van der Waals surface area contributed by atoms with Crippen LogP contribution in [0.15, 0.2) is 30.3 Å². The topological polar surface area (TPSA) is 61.3 Å². The number of anilines is 2. The van der Waals surface area contributed by atoms with E-state index >= 15 is 0 Å². The highest BCUT2D eigenvalue weighted by Gasteiger charge is 2.35. The molecule has 5 nitrogen and oxygen atoms in total. The summed E-state index contributed by atoms with van der Waals surface area (Å²) in [7, 11) is 3.21. The number of benzene rings is 1. The molecule has 0 aliphatic heterocycles. The molecule has 0 radical (unpaired) electrons. The van der Waals surface area contributed by atoms with E-state index in [4.69, 9.17) is 0 Å². The van der Waals surface area contributed by atoms with E-state index in [1.54, 1.807) is 14.1 Å². The highest BCUT2D eigenvalue weighted by Crippen LogP contribution is 2.35. The molecule has 1 aromatic carbocycles. The number of hydrogen-bond donors (Lipinski definition) is 2. The van der Waals surface area contributed by atoms with E-state index in [1.807, 2.05) is 24.3 Å². The molecule has 8 heteroatoms. The lowest BCUT2D eigenvalue weighted by molar-refractivity contribution is -0.141. The lowest BCUT2D eigenvalue weighted by Crippen LogP contribution is -2.24. The van der Waals surface area contributed by atoms with Gasteiger partial charge in [-0.25, -0.2) is 4.98 Å². The molecule has 2 N–H and O–H groups in total. The van der Waals surface area contributed by atoms with Crippen LogP contribution in [0.2, 0.25) is 0 Å². The van der Waals surface area contributed by atoms with Crippen molar-refractivity contribution < 1.29 is 18.3 Å². The van der Waals surface area contributed by atoms with Crippen LogP contribution in [0, 0.1) is 0 Å². The minimum absolute atomic E-state index is 0.139. The number of aromatic nitrogens is 2. The van der Waals surface area contributed by atoms with Crippen LogP contribution in [0.5, 0.6) is 0 Å². The van der Waals surface area contributed by atoms with Gasteiger partial charge in [-0.15, -0.1) is 0 Å². The van der Waals surface area contributed by atoms with Crippen LogP contribution in [0.25, 0.3) is 0 Å². The fourth-order valence-electron chi connectivity index (χ4n) is 2.76. The molecule has 1 aromatic heterocycles. The fraction of sp³-hybridized carbons (Fsp3) is 0.375. The quantitative estimate of drug-likeness (QED) is 0.901. The molecule has 128 valence electrons. The van der Waals surface area contributed by atoms with Gasteiger partial charge in [-0.1, -0.05) is 24.3 Å². The number of nitrogens with zero attached hydrogens (tertiary/aromatic N) is 3. The lowest BCUT2D eigenvalue weighted by atomic mass is 10.1. The third kappa shape index (κ3) is 3.14. The van der Waals surface area contributed by atoms with E-state index in [0.29, 0.717) is 6.42 Å². The Balaban J connectivity index is 1.97. The number of aliphatic hydroxyl groups is 1. The summed E-state index contributed by atoms with van der Waals surface area (Å²) in [6, 6.07) is 7.76. The zero-order chi connectivity index (χ0) is 17.5. The maximum Gasteiger partial charge on any atom is 0.433 e. The van der Waals surface area contributed by atoms with Crippen LogP contribution < -0.4 is 10.2 Å². The third-order valence-corrected chi connectivity index (χ3v) is 3.95. The van der Waals surface area contributed by atoms with Crippen LogP contribution >= 0.6 is 0 Å². The second-order valence-electron chi connectivity index (χ2n) is 5.92. The van der Waals surface area contributed by atoms with Crippen molar-refractivity contribution in [2.75, 3.05) is 24.3 Å². The van der Waals surface area contributed by atoms with Crippen LogP contribution in [-0.4, -0.2) is 35.3 Å². The number of halogens is 3. The highest BCUT2D eigenvalue weighted by atomic mass is 19.4. The van der Waals surface area contributed by atoms with Crippen molar-refractivity contribution in [1.82, 2.24) is 9.97 Å². The average molecular weight is 338 g/mol. The molecule has 0 saturated heterocycles. The van der Waals surface area contributed by atoms with E-state index in [-0.39, 0.29) is 11.8 Å². The molecular weight excluding hydrogens is 321 g/mol. The summed E-state index contributed by atoms with van der Waals surface area (Å²) in [5.74, 6) is -0.0186. The fourth-order valence-corrected chi connectivity index (χ4v) is 2.76. The Morgan fingerprint density at radius 2 is 1.92 bits per heavy atom. The summed E-state index contributed by atoms with van der Waals surface area (Å²) in [6.07, 6.45) is -4.88. The Kier molecular flexibility index (Phi) is 4.08. The smallest absolute Gasteiger partial charge is 0.390 e. The Hall–Kier alpha value is -2.35. The number of hydrogen-bond acceptors (Lipinski definition) is 5. The van der Waals surface area contributed by atoms with Gasteiger partial charge < -0.3 is 15.3 Å². The summed E-state index contributed by atoms with van der Waals surface area (Å²) in [6.45, 7) is 0. The maximum absolute atomic E-state index is 13.1. The standard InChI is InChI=1S/C16H17F3N4O/c1-23(2)13-8-12(16(17,18)19)20-15(21-13)22-14-10-6-4-3-5-9(10)7-11(14)24/h3-6,8,11,14,24H,7H2,1-2H3,(H,20,21,22)/t11-,14+/m0/s1. The van der Waals surface area contributed by atoms with Gasteiger partial charge in [0.15, 0.2) is 5.69 Å². The Labute approximate surface area is 137 Å². The van der Waals surface area contributed by atoms with E-state index in [9.17, 15) is 18.3 Å². The number of alkyl halides is 3. The Morgan fingerprint density at radius 3 is 2.58 bits per heavy atom. The normalized spacial score (nSPS) is 19.9. The second kappa shape index (κ2) is 5.94. The zero-order valence-corrected chi connectivity index (χ0v) is 13.2. The summed E-state index contributed by atoms with van der Waals surface area (Å²) >= 11 is 0. The van der Waals surface area contributed by atoms with E-state index in [2.05, 4.69) is 15.3 Å². The van der Waals surface area contributed by atoms with E-state index in [0.717, 1.165) is 17.2 Å². The van der Waals surface area contributed by atoms with E-state index < -0.39 is 24.0 Å². The van der Waals surface area contributed by atoms with Crippen molar-refractivity contribution in [2.45, 2.75) is 24.7 Å². The molecule has 2 atom stereocenters. The first kappa shape index (κ1) is 16.5. The predicted molar refractivity (Wildman–Crippen MR) is 83.9 cm³/mol. The molecule has 0 spiro atoms. The summed E-state index contributed by atoms with van der Waals surface area (Å²) < 4.78 is 39.2. The summed E-state index contributed by atoms with van der Waals surface area (Å²) in [4.78, 5) is 9.16. The first-order valence-electron chi connectivity index (χ1n) is 7.41. The number of rotatable bonds is 3. The lowest BCUT2D eigenvalue weighted by Gasteiger charge is -2.20. The minimum Gasteiger partial charge on any atom is -0.390 e. The van der Waals surface area contributed by atoms with Crippen LogP contribution in [0.4, 0.5) is 24.9 Å². The van der Waals surface area contributed by atoms with Gasteiger partial charge in [0.1, 0.15) is 5.82 Å². The number of aliphatic hydroxyl groups excluding tert-OH is 1. The van der Waals surface area contributed by atoms with Crippen LogP contribution in [-0.2, 0) is 12.6 Å². The third-order valence-electron chi connectivity index (χ3n) is 3.95. The maximum atomic E-state index is 13.1. The van der Waals surface area contributed by atoms with Gasteiger partial charge in [-0.05, 0) is 11.1 Å². The van der Waals surface area contributed by atoms with Crippen molar-refractivity contribution in [3.8, 4) is 0 Å². The molecule has 0 unspecified atom stereocenters. The minimum atomic E-state index is -4.57. The van der Waals surface area contributed by atoms with Gasteiger partial charge in [0.25, 0.3) is 0 Å². The molecule has 1 heterocycles.